The Labute approximate surface area is 105 Å². The van der Waals surface area contributed by atoms with E-state index in [0.717, 1.165) is 18.5 Å². The van der Waals surface area contributed by atoms with Crippen LogP contribution in [0.15, 0.2) is 24.5 Å². The van der Waals surface area contributed by atoms with Gasteiger partial charge in [0.2, 0.25) is 5.91 Å². The fourth-order valence-electron chi connectivity index (χ4n) is 1.68. The Morgan fingerprint density at radius 1 is 1.61 bits per heavy atom. The Hall–Kier alpha value is -2.11. The molecule has 1 unspecified atom stereocenters. The zero-order valence-electron chi connectivity index (χ0n) is 10.6. The first-order valence-electron chi connectivity index (χ1n) is 6.05. The Morgan fingerprint density at radius 2 is 2.44 bits per heavy atom. The number of anilines is 1. The van der Waals surface area contributed by atoms with Crippen LogP contribution in [0.25, 0.3) is 0 Å². The number of hydrogen-bond donors (Lipinski definition) is 2. The summed E-state index contributed by atoms with van der Waals surface area (Å²) >= 11 is 0. The van der Waals surface area contributed by atoms with Gasteiger partial charge in [-0.05, 0) is 19.4 Å². The first kappa shape index (κ1) is 12.3. The van der Waals surface area contributed by atoms with Gasteiger partial charge in [-0.15, -0.1) is 0 Å². The first-order valence-corrected chi connectivity index (χ1v) is 6.05. The molecule has 0 aliphatic heterocycles. The van der Waals surface area contributed by atoms with E-state index in [9.17, 15) is 4.79 Å². The molecule has 6 nitrogen and oxygen atoms in total. The van der Waals surface area contributed by atoms with Crippen LogP contribution in [-0.2, 0) is 11.2 Å². The van der Waals surface area contributed by atoms with Crippen molar-refractivity contribution in [3.63, 3.8) is 0 Å². The lowest BCUT2D eigenvalue weighted by molar-refractivity contribution is -0.119. The molecule has 0 radical (unpaired) electrons. The van der Waals surface area contributed by atoms with Crippen LogP contribution in [-0.4, -0.2) is 25.9 Å². The van der Waals surface area contributed by atoms with Crippen molar-refractivity contribution in [3.8, 4) is 0 Å². The predicted octanol–water partition coefficient (Wildman–Crippen LogP) is 1.76. The maximum absolute atomic E-state index is 12.0. The second-order valence-electron chi connectivity index (χ2n) is 4.18. The molecule has 0 saturated carbocycles. The number of aromatic amines is 1. The van der Waals surface area contributed by atoms with E-state index < -0.39 is 0 Å². The lowest BCUT2D eigenvalue weighted by Crippen LogP contribution is -2.24. The molecule has 2 heterocycles. The normalized spacial score (nSPS) is 12.3. The molecule has 2 rings (SSSR count). The Morgan fingerprint density at radius 3 is 3.11 bits per heavy atom. The number of aryl methyl sites for hydroxylation is 1. The third kappa shape index (κ3) is 2.77. The molecule has 0 spiro atoms. The van der Waals surface area contributed by atoms with Crippen molar-refractivity contribution in [2.45, 2.75) is 32.7 Å². The molecule has 1 atom stereocenters. The summed E-state index contributed by atoms with van der Waals surface area (Å²) in [6.45, 7) is 3.89. The number of nitrogens with zero attached hydrogens (tertiary/aromatic N) is 3. The van der Waals surface area contributed by atoms with E-state index in [1.165, 1.54) is 0 Å². The van der Waals surface area contributed by atoms with Crippen LogP contribution in [0.1, 0.15) is 32.0 Å². The minimum atomic E-state index is -0.355. The van der Waals surface area contributed by atoms with Crippen LogP contribution in [0.5, 0.6) is 0 Å². The molecular weight excluding hydrogens is 230 g/mol. The van der Waals surface area contributed by atoms with E-state index >= 15 is 0 Å². The molecule has 2 aromatic heterocycles. The highest BCUT2D eigenvalue weighted by Crippen LogP contribution is 2.11. The Bertz CT molecular complexity index is 502. The number of H-pyrrole nitrogens is 1. The van der Waals surface area contributed by atoms with Gasteiger partial charge in [-0.25, -0.2) is 0 Å². The van der Waals surface area contributed by atoms with Crippen LogP contribution >= 0.6 is 0 Å². The number of nitrogens with one attached hydrogen (secondary N) is 2. The number of amides is 1. The van der Waals surface area contributed by atoms with E-state index in [0.29, 0.717) is 5.82 Å². The summed E-state index contributed by atoms with van der Waals surface area (Å²) in [6.07, 6.45) is 5.38. The quantitative estimate of drug-likeness (QED) is 0.845. The van der Waals surface area contributed by atoms with Gasteiger partial charge in [0.25, 0.3) is 0 Å². The standard InChI is InChI=1S/C12H17N5O/c1-3-5-10-8-11(16-15-10)14-12(18)9(2)17-7-4-6-13-17/h4,6-9H,3,5H2,1-2H3,(H2,14,15,16,18). The number of carbonyl (C=O) groups is 1. The molecule has 2 N–H and O–H groups in total. The highest BCUT2D eigenvalue weighted by atomic mass is 16.2. The van der Waals surface area contributed by atoms with Crippen molar-refractivity contribution in [1.29, 1.82) is 0 Å². The largest absolute Gasteiger partial charge is 0.307 e. The third-order valence-electron chi connectivity index (χ3n) is 2.70. The summed E-state index contributed by atoms with van der Waals surface area (Å²) in [7, 11) is 0. The monoisotopic (exact) mass is 247 g/mol. The maximum Gasteiger partial charge on any atom is 0.250 e. The fraction of sp³-hybridized carbons (Fsp3) is 0.417. The molecule has 2 aromatic rings. The van der Waals surface area contributed by atoms with E-state index in [2.05, 4.69) is 27.5 Å². The van der Waals surface area contributed by atoms with Gasteiger partial charge in [-0.1, -0.05) is 13.3 Å². The van der Waals surface area contributed by atoms with Crippen molar-refractivity contribution < 1.29 is 4.79 Å². The van der Waals surface area contributed by atoms with Crippen molar-refractivity contribution in [1.82, 2.24) is 20.0 Å². The summed E-state index contributed by atoms with van der Waals surface area (Å²) in [6, 6.07) is 3.29. The van der Waals surface area contributed by atoms with E-state index in [4.69, 9.17) is 0 Å². The van der Waals surface area contributed by atoms with E-state index in [1.807, 2.05) is 6.07 Å². The average molecular weight is 247 g/mol. The van der Waals surface area contributed by atoms with Crippen molar-refractivity contribution in [2.24, 2.45) is 0 Å². The molecule has 6 heteroatoms. The lowest BCUT2D eigenvalue weighted by Gasteiger charge is -2.10. The molecule has 0 aromatic carbocycles. The highest BCUT2D eigenvalue weighted by Gasteiger charge is 2.16. The molecule has 0 saturated heterocycles. The summed E-state index contributed by atoms with van der Waals surface area (Å²) in [4.78, 5) is 12.0. The SMILES string of the molecule is CCCc1cc(NC(=O)C(C)n2cccn2)n[nH]1. The van der Waals surface area contributed by atoms with Crippen LogP contribution in [0.2, 0.25) is 0 Å². The van der Waals surface area contributed by atoms with Gasteiger partial charge in [-0.3, -0.25) is 14.6 Å². The second-order valence-corrected chi connectivity index (χ2v) is 4.18. The van der Waals surface area contributed by atoms with Crippen molar-refractivity contribution >= 4 is 11.7 Å². The Balaban J connectivity index is 1.98. The van der Waals surface area contributed by atoms with Crippen molar-refractivity contribution in [3.05, 3.63) is 30.2 Å². The Kier molecular flexibility index (Phi) is 3.76. The topological polar surface area (TPSA) is 75.6 Å². The molecule has 0 aliphatic rings. The molecule has 96 valence electrons. The molecule has 1 amide bonds. The summed E-state index contributed by atoms with van der Waals surface area (Å²) in [5.41, 5.74) is 1.03. The second kappa shape index (κ2) is 5.48. The third-order valence-corrected chi connectivity index (χ3v) is 2.70. The van der Waals surface area contributed by atoms with E-state index in [1.54, 1.807) is 30.1 Å². The first-order chi connectivity index (χ1) is 8.70. The predicted molar refractivity (Wildman–Crippen MR) is 68.2 cm³/mol. The summed E-state index contributed by atoms with van der Waals surface area (Å²) in [5, 5.41) is 13.8. The highest BCUT2D eigenvalue weighted by molar-refractivity contribution is 5.92. The lowest BCUT2D eigenvalue weighted by atomic mass is 10.2. The van der Waals surface area contributed by atoms with Gasteiger partial charge >= 0.3 is 0 Å². The van der Waals surface area contributed by atoms with Gasteiger partial charge in [0.15, 0.2) is 5.82 Å². The minimum absolute atomic E-state index is 0.131. The molecule has 0 bridgehead atoms. The van der Waals surface area contributed by atoms with Gasteiger partial charge in [0, 0.05) is 24.2 Å². The zero-order chi connectivity index (χ0) is 13.0. The summed E-state index contributed by atoms with van der Waals surface area (Å²) < 4.78 is 1.61. The van der Waals surface area contributed by atoms with Crippen LogP contribution < -0.4 is 5.32 Å². The molecular formula is C12H17N5O. The fourth-order valence-corrected chi connectivity index (χ4v) is 1.68. The number of rotatable bonds is 5. The smallest absolute Gasteiger partial charge is 0.250 e. The number of carbonyl (C=O) groups excluding carboxylic acids is 1. The van der Waals surface area contributed by atoms with Gasteiger partial charge in [0.05, 0.1) is 0 Å². The van der Waals surface area contributed by atoms with Crippen LogP contribution in [0, 0.1) is 0 Å². The summed E-state index contributed by atoms with van der Waals surface area (Å²) in [5.74, 6) is 0.427. The van der Waals surface area contributed by atoms with Crippen LogP contribution in [0.4, 0.5) is 5.82 Å². The van der Waals surface area contributed by atoms with Gasteiger partial charge in [-0.2, -0.15) is 10.2 Å². The van der Waals surface area contributed by atoms with Gasteiger partial charge in [0.1, 0.15) is 6.04 Å². The number of aromatic nitrogens is 4. The zero-order valence-corrected chi connectivity index (χ0v) is 10.6. The van der Waals surface area contributed by atoms with E-state index in [-0.39, 0.29) is 11.9 Å². The molecule has 0 aliphatic carbocycles. The minimum Gasteiger partial charge on any atom is -0.307 e. The molecule has 18 heavy (non-hydrogen) atoms. The maximum atomic E-state index is 12.0. The average Bonchev–Trinajstić information content (AvgIpc) is 3.00. The molecule has 0 fully saturated rings. The number of hydrogen-bond acceptors (Lipinski definition) is 3. The van der Waals surface area contributed by atoms with Crippen molar-refractivity contribution in [2.75, 3.05) is 5.32 Å². The van der Waals surface area contributed by atoms with Crippen LogP contribution in [0.3, 0.4) is 0 Å². The van der Waals surface area contributed by atoms with Gasteiger partial charge < -0.3 is 5.32 Å².